The van der Waals surface area contributed by atoms with Crippen molar-refractivity contribution in [3.63, 3.8) is 0 Å². The van der Waals surface area contributed by atoms with Gasteiger partial charge in [-0.3, -0.25) is 0 Å². The van der Waals surface area contributed by atoms with Crippen molar-refractivity contribution < 1.29 is 0 Å². The molecule has 2 fully saturated rings. The van der Waals surface area contributed by atoms with Crippen molar-refractivity contribution in [1.82, 2.24) is 5.32 Å². The van der Waals surface area contributed by atoms with Crippen molar-refractivity contribution >= 4 is 11.6 Å². The summed E-state index contributed by atoms with van der Waals surface area (Å²) in [7, 11) is 0. The summed E-state index contributed by atoms with van der Waals surface area (Å²) in [5, 5.41) is 4.77. The molecule has 0 aromatic heterocycles. The van der Waals surface area contributed by atoms with Gasteiger partial charge in [0.05, 0.1) is 0 Å². The summed E-state index contributed by atoms with van der Waals surface area (Å²) in [5.41, 5.74) is 1.35. The van der Waals surface area contributed by atoms with Crippen LogP contribution in [0.1, 0.15) is 56.4 Å². The largest absolute Gasteiger partial charge is 0.311 e. The van der Waals surface area contributed by atoms with Gasteiger partial charge in [0.1, 0.15) is 0 Å². The van der Waals surface area contributed by atoms with E-state index in [-0.39, 0.29) is 0 Å². The first-order valence-corrected chi connectivity index (χ1v) is 7.71. The Morgan fingerprint density at radius 2 is 1.67 bits per heavy atom. The molecule has 1 aromatic carbocycles. The van der Waals surface area contributed by atoms with Crippen molar-refractivity contribution in [3.05, 3.63) is 34.9 Å². The lowest BCUT2D eigenvalue weighted by Crippen LogP contribution is -2.46. The minimum absolute atomic E-state index is 0.680. The number of halogens is 1. The van der Waals surface area contributed by atoms with E-state index in [1.165, 1.54) is 50.5 Å². The van der Waals surface area contributed by atoms with Gasteiger partial charge in [-0.25, -0.2) is 0 Å². The lowest BCUT2D eigenvalue weighted by Gasteiger charge is -2.40. The Labute approximate surface area is 115 Å². The number of benzene rings is 1. The van der Waals surface area contributed by atoms with E-state index in [1.54, 1.807) is 0 Å². The first-order valence-electron chi connectivity index (χ1n) is 7.33. The van der Waals surface area contributed by atoms with Gasteiger partial charge in [-0.2, -0.15) is 0 Å². The lowest BCUT2D eigenvalue weighted by molar-refractivity contribution is 0.238. The van der Waals surface area contributed by atoms with Crippen LogP contribution in [0.4, 0.5) is 0 Å². The highest BCUT2D eigenvalue weighted by Crippen LogP contribution is 2.40. The number of rotatable bonds is 3. The molecule has 2 heteroatoms. The smallest absolute Gasteiger partial charge is 0.0440 e. The second-order valence-electron chi connectivity index (χ2n) is 5.89. The Morgan fingerprint density at radius 3 is 2.39 bits per heavy atom. The number of hydrogen-bond acceptors (Lipinski definition) is 1. The van der Waals surface area contributed by atoms with E-state index in [1.807, 2.05) is 12.1 Å². The van der Waals surface area contributed by atoms with Crippen LogP contribution in [-0.2, 0) is 0 Å². The maximum atomic E-state index is 6.25. The summed E-state index contributed by atoms with van der Waals surface area (Å²) in [6.45, 7) is 0. The predicted molar refractivity (Wildman–Crippen MR) is 77.2 cm³/mol. The lowest BCUT2D eigenvalue weighted by atomic mass is 9.75. The van der Waals surface area contributed by atoms with Crippen molar-refractivity contribution in [2.24, 2.45) is 0 Å². The van der Waals surface area contributed by atoms with Crippen LogP contribution in [0.15, 0.2) is 24.3 Å². The summed E-state index contributed by atoms with van der Waals surface area (Å²) in [5.74, 6) is 0.680. The van der Waals surface area contributed by atoms with Crippen LogP contribution in [0.5, 0.6) is 0 Å². The van der Waals surface area contributed by atoms with E-state index >= 15 is 0 Å². The normalized spacial score (nSPS) is 28.9. The predicted octanol–water partition coefficient (Wildman–Crippen LogP) is 4.51. The highest BCUT2D eigenvalue weighted by atomic mass is 35.5. The topological polar surface area (TPSA) is 12.0 Å². The SMILES string of the molecule is Clc1ccccc1C1CC(NC2CCCCC2)C1. The third-order valence-corrected chi connectivity index (χ3v) is 4.90. The van der Waals surface area contributed by atoms with Gasteiger partial charge < -0.3 is 5.32 Å². The van der Waals surface area contributed by atoms with Gasteiger partial charge in [0.2, 0.25) is 0 Å². The number of hydrogen-bond donors (Lipinski definition) is 1. The Balaban J connectivity index is 1.49. The molecule has 2 aliphatic rings. The zero-order valence-corrected chi connectivity index (χ0v) is 11.6. The molecule has 1 N–H and O–H groups in total. The molecule has 0 atom stereocenters. The van der Waals surface area contributed by atoms with Gasteiger partial charge in [-0.15, -0.1) is 0 Å². The van der Waals surface area contributed by atoms with E-state index < -0.39 is 0 Å². The third-order valence-electron chi connectivity index (χ3n) is 4.56. The first kappa shape index (κ1) is 12.5. The molecule has 1 aromatic rings. The third kappa shape index (κ3) is 2.73. The molecule has 0 saturated heterocycles. The minimum atomic E-state index is 0.680. The molecule has 18 heavy (non-hydrogen) atoms. The Kier molecular flexibility index (Phi) is 3.91. The summed E-state index contributed by atoms with van der Waals surface area (Å²) in [4.78, 5) is 0. The van der Waals surface area contributed by atoms with E-state index in [0.29, 0.717) is 5.92 Å². The van der Waals surface area contributed by atoms with Gasteiger partial charge in [-0.1, -0.05) is 49.1 Å². The fraction of sp³-hybridized carbons (Fsp3) is 0.625. The van der Waals surface area contributed by atoms with E-state index in [4.69, 9.17) is 11.6 Å². The van der Waals surface area contributed by atoms with Crippen LogP contribution in [-0.4, -0.2) is 12.1 Å². The average Bonchev–Trinajstić information content (AvgIpc) is 2.36. The molecule has 0 bridgehead atoms. The van der Waals surface area contributed by atoms with Crippen molar-refractivity contribution in [2.45, 2.75) is 62.9 Å². The molecule has 98 valence electrons. The summed E-state index contributed by atoms with van der Waals surface area (Å²) in [6.07, 6.45) is 9.56. The zero-order valence-electron chi connectivity index (χ0n) is 10.9. The van der Waals surface area contributed by atoms with Crippen molar-refractivity contribution in [1.29, 1.82) is 0 Å². The molecule has 0 unspecified atom stereocenters. The highest BCUT2D eigenvalue weighted by molar-refractivity contribution is 6.31. The van der Waals surface area contributed by atoms with Crippen LogP contribution in [0.25, 0.3) is 0 Å². The monoisotopic (exact) mass is 263 g/mol. The van der Waals surface area contributed by atoms with Crippen LogP contribution in [0.3, 0.4) is 0 Å². The molecule has 0 spiro atoms. The minimum Gasteiger partial charge on any atom is -0.311 e. The average molecular weight is 264 g/mol. The molecule has 2 aliphatic carbocycles. The standard InChI is InChI=1S/C16H22ClN/c17-16-9-5-4-8-15(16)12-10-14(11-12)18-13-6-2-1-3-7-13/h4-5,8-9,12-14,18H,1-3,6-7,10-11H2. The van der Waals surface area contributed by atoms with Crippen molar-refractivity contribution in [3.8, 4) is 0 Å². The Hall–Kier alpha value is -0.530. The quantitative estimate of drug-likeness (QED) is 0.846. The molecule has 0 amide bonds. The van der Waals surface area contributed by atoms with Crippen molar-refractivity contribution in [2.75, 3.05) is 0 Å². The van der Waals surface area contributed by atoms with Gasteiger partial charge in [0.25, 0.3) is 0 Å². The molecular formula is C16H22ClN. The van der Waals surface area contributed by atoms with Gasteiger partial charge in [-0.05, 0) is 43.2 Å². The molecule has 0 aliphatic heterocycles. The molecule has 3 rings (SSSR count). The molecule has 2 saturated carbocycles. The van der Waals surface area contributed by atoms with Crippen LogP contribution < -0.4 is 5.32 Å². The van der Waals surface area contributed by atoms with Crippen LogP contribution in [0, 0.1) is 0 Å². The van der Waals surface area contributed by atoms with Crippen LogP contribution in [0.2, 0.25) is 5.02 Å². The second-order valence-corrected chi connectivity index (χ2v) is 6.30. The van der Waals surface area contributed by atoms with Gasteiger partial charge in [0, 0.05) is 17.1 Å². The number of nitrogens with one attached hydrogen (secondary N) is 1. The fourth-order valence-corrected chi connectivity index (χ4v) is 3.71. The molecular weight excluding hydrogens is 242 g/mol. The van der Waals surface area contributed by atoms with Gasteiger partial charge in [0.15, 0.2) is 0 Å². The maximum Gasteiger partial charge on any atom is 0.0440 e. The molecule has 0 radical (unpaired) electrons. The molecule has 1 nitrogen and oxygen atoms in total. The fourth-order valence-electron chi connectivity index (χ4n) is 3.42. The zero-order chi connectivity index (χ0) is 12.4. The Morgan fingerprint density at radius 1 is 0.944 bits per heavy atom. The second kappa shape index (κ2) is 5.63. The van der Waals surface area contributed by atoms with E-state index in [9.17, 15) is 0 Å². The van der Waals surface area contributed by atoms with Gasteiger partial charge >= 0.3 is 0 Å². The van der Waals surface area contributed by atoms with E-state index in [2.05, 4.69) is 17.4 Å². The van der Waals surface area contributed by atoms with Crippen LogP contribution >= 0.6 is 11.6 Å². The van der Waals surface area contributed by atoms with E-state index in [0.717, 1.165) is 17.1 Å². The highest BCUT2D eigenvalue weighted by Gasteiger charge is 2.32. The summed E-state index contributed by atoms with van der Waals surface area (Å²) in [6, 6.07) is 9.83. The molecule has 0 heterocycles. The summed E-state index contributed by atoms with van der Waals surface area (Å²) >= 11 is 6.25. The Bertz CT molecular complexity index is 392. The first-order chi connectivity index (χ1) is 8.83. The summed E-state index contributed by atoms with van der Waals surface area (Å²) < 4.78 is 0. The maximum absolute atomic E-state index is 6.25.